The Morgan fingerprint density at radius 1 is 1.33 bits per heavy atom. The van der Waals surface area contributed by atoms with E-state index in [-0.39, 0.29) is 5.91 Å². The van der Waals surface area contributed by atoms with E-state index in [2.05, 4.69) is 22.4 Å². The maximum Gasteiger partial charge on any atom is 0.267 e. The molecule has 0 saturated heterocycles. The van der Waals surface area contributed by atoms with Gasteiger partial charge in [-0.15, -0.1) is 10.2 Å². The summed E-state index contributed by atoms with van der Waals surface area (Å²) >= 11 is 3.01. The number of thioether (sulfide) groups is 1. The summed E-state index contributed by atoms with van der Waals surface area (Å²) in [6.07, 6.45) is 1.00. The van der Waals surface area contributed by atoms with Crippen molar-refractivity contribution in [3.8, 4) is 11.5 Å². The monoisotopic (exact) mass is 367 g/mol. The summed E-state index contributed by atoms with van der Waals surface area (Å²) in [4.78, 5) is 12.4. The van der Waals surface area contributed by atoms with Crippen molar-refractivity contribution in [3.63, 3.8) is 0 Å². The molecule has 1 aromatic heterocycles. The van der Waals surface area contributed by atoms with Crippen molar-refractivity contribution in [2.24, 2.45) is 0 Å². The standard InChI is InChI=1S/C16H21N3O3S2/c1-4-9-23-16-19-18-15(24-16)17-14(20)13(5-2)22-12-8-6-7-11(10-12)21-3/h6-8,10,13H,4-5,9H2,1-3H3,(H,17,18,20)/t13-/m0/s1. The molecule has 2 rings (SSSR count). The number of ether oxygens (including phenoxy) is 2. The molecule has 0 unspecified atom stereocenters. The van der Waals surface area contributed by atoms with Crippen LogP contribution in [0.1, 0.15) is 26.7 Å². The minimum atomic E-state index is -0.604. The van der Waals surface area contributed by atoms with Crippen LogP contribution in [0.4, 0.5) is 5.13 Å². The number of rotatable bonds is 9. The number of aromatic nitrogens is 2. The molecule has 0 aliphatic heterocycles. The van der Waals surface area contributed by atoms with Gasteiger partial charge in [0.25, 0.3) is 5.91 Å². The van der Waals surface area contributed by atoms with Gasteiger partial charge in [-0.25, -0.2) is 0 Å². The molecule has 0 aliphatic rings. The summed E-state index contributed by atoms with van der Waals surface area (Å²) in [5.41, 5.74) is 0. The van der Waals surface area contributed by atoms with Crippen LogP contribution in [-0.4, -0.2) is 35.1 Å². The zero-order chi connectivity index (χ0) is 17.4. The first-order valence-corrected chi connectivity index (χ1v) is 9.54. The van der Waals surface area contributed by atoms with E-state index in [4.69, 9.17) is 9.47 Å². The van der Waals surface area contributed by atoms with E-state index in [0.717, 1.165) is 16.5 Å². The maximum absolute atomic E-state index is 12.4. The molecule has 1 heterocycles. The highest BCUT2D eigenvalue weighted by atomic mass is 32.2. The molecule has 24 heavy (non-hydrogen) atoms. The fourth-order valence-electron chi connectivity index (χ4n) is 1.85. The fourth-order valence-corrected chi connectivity index (χ4v) is 3.54. The van der Waals surface area contributed by atoms with E-state index < -0.39 is 6.10 Å². The molecule has 1 N–H and O–H groups in total. The topological polar surface area (TPSA) is 73.3 Å². The van der Waals surface area contributed by atoms with E-state index in [1.807, 2.05) is 19.1 Å². The highest BCUT2D eigenvalue weighted by molar-refractivity contribution is 8.01. The fraction of sp³-hybridized carbons (Fsp3) is 0.438. The van der Waals surface area contributed by atoms with Crippen LogP contribution in [0.15, 0.2) is 28.6 Å². The highest BCUT2D eigenvalue weighted by Crippen LogP contribution is 2.26. The maximum atomic E-state index is 12.4. The van der Waals surface area contributed by atoms with Crippen LogP contribution >= 0.6 is 23.1 Å². The van der Waals surface area contributed by atoms with Gasteiger partial charge in [0.1, 0.15) is 11.5 Å². The van der Waals surface area contributed by atoms with Crippen molar-refractivity contribution >= 4 is 34.1 Å². The van der Waals surface area contributed by atoms with Crippen LogP contribution in [0, 0.1) is 0 Å². The molecule has 0 aliphatic carbocycles. The van der Waals surface area contributed by atoms with Crippen molar-refractivity contribution in [1.29, 1.82) is 0 Å². The molecule has 1 aromatic carbocycles. The van der Waals surface area contributed by atoms with Crippen molar-refractivity contribution in [1.82, 2.24) is 10.2 Å². The average Bonchev–Trinajstić information content (AvgIpc) is 3.05. The Morgan fingerprint density at radius 2 is 2.12 bits per heavy atom. The lowest BCUT2D eigenvalue weighted by Crippen LogP contribution is -2.32. The Balaban J connectivity index is 1.96. The number of carbonyl (C=O) groups excluding carboxylic acids is 1. The molecule has 2 aromatic rings. The summed E-state index contributed by atoms with van der Waals surface area (Å²) in [6, 6.07) is 7.19. The molecule has 0 saturated carbocycles. The lowest BCUT2D eigenvalue weighted by atomic mass is 10.2. The zero-order valence-electron chi connectivity index (χ0n) is 13.9. The predicted molar refractivity (Wildman–Crippen MR) is 97.3 cm³/mol. The van der Waals surface area contributed by atoms with Gasteiger partial charge in [-0.3, -0.25) is 10.1 Å². The zero-order valence-corrected chi connectivity index (χ0v) is 15.6. The third-order valence-corrected chi connectivity index (χ3v) is 5.23. The normalized spacial score (nSPS) is 11.8. The molecule has 0 bridgehead atoms. The predicted octanol–water partition coefficient (Wildman–Crippen LogP) is 3.84. The first kappa shape index (κ1) is 18.5. The van der Waals surface area contributed by atoms with E-state index in [0.29, 0.717) is 23.1 Å². The number of anilines is 1. The molecule has 6 nitrogen and oxygen atoms in total. The number of benzene rings is 1. The van der Waals surface area contributed by atoms with E-state index >= 15 is 0 Å². The van der Waals surface area contributed by atoms with Crippen molar-refractivity contribution in [3.05, 3.63) is 24.3 Å². The second-order valence-corrected chi connectivity index (χ2v) is 7.22. The third-order valence-electron chi connectivity index (χ3n) is 3.05. The second kappa shape index (κ2) is 9.48. The highest BCUT2D eigenvalue weighted by Gasteiger charge is 2.20. The quantitative estimate of drug-likeness (QED) is 0.536. The van der Waals surface area contributed by atoms with E-state index in [1.54, 1.807) is 31.0 Å². The molecule has 1 atom stereocenters. The number of carbonyl (C=O) groups is 1. The Bertz CT molecular complexity index is 664. The smallest absolute Gasteiger partial charge is 0.267 e. The Morgan fingerprint density at radius 3 is 2.83 bits per heavy atom. The third kappa shape index (κ3) is 5.38. The van der Waals surface area contributed by atoms with Gasteiger partial charge in [0.15, 0.2) is 10.4 Å². The summed E-state index contributed by atoms with van der Waals surface area (Å²) in [7, 11) is 1.59. The van der Waals surface area contributed by atoms with Crippen LogP contribution in [-0.2, 0) is 4.79 Å². The first-order chi connectivity index (χ1) is 11.7. The number of nitrogens with one attached hydrogen (secondary N) is 1. The number of methoxy groups -OCH3 is 1. The molecule has 1 amide bonds. The lowest BCUT2D eigenvalue weighted by Gasteiger charge is -2.16. The van der Waals surface area contributed by atoms with Gasteiger partial charge in [-0.2, -0.15) is 0 Å². The Labute approximate surface area is 150 Å². The number of nitrogens with zero attached hydrogens (tertiary/aromatic N) is 2. The molecule has 0 radical (unpaired) electrons. The number of amides is 1. The van der Waals surface area contributed by atoms with Crippen molar-refractivity contribution < 1.29 is 14.3 Å². The Hall–Kier alpha value is -1.80. The van der Waals surface area contributed by atoms with Gasteiger partial charge in [-0.05, 0) is 25.0 Å². The molecule has 0 spiro atoms. The van der Waals surface area contributed by atoms with Crippen LogP contribution in [0.25, 0.3) is 0 Å². The van der Waals surface area contributed by atoms with Crippen molar-refractivity contribution in [2.75, 3.05) is 18.2 Å². The lowest BCUT2D eigenvalue weighted by molar-refractivity contribution is -0.122. The van der Waals surface area contributed by atoms with Gasteiger partial charge >= 0.3 is 0 Å². The molecule has 0 fully saturated rings. The van der Waals surface area contributed by atoms with Gasteiger partial charge in [0, 0.05) is 11.8 Å². The second-order valence-electron chi connectivity index (χ2n) is 4.90. The van der Waals surface area contributed by atoms with Gasteiger partial charge in [0.05, 0.1) is 7.11 Å². The SMILES string of the molecule is CCCSc1nnc(NC(=O)[C@H](CC)Oc2cccc(OC)c2)s1. The molecular weight excluding hydrogens is 346 g/mol. The number of hydrogen-bond acceptors (Lipinski definition) is 7. The van der Waals surface area contributed by atoms with Crippen LogP contribution in [0.5, 0.6) is 11.5 Å². The largest absolute Gasteiger partial charge is 0.497 e. The van der Waals surface area contributed by atoms with Gasteiger partial charge < -0.3 is 9.47 Å². The summed E-state index contributed by atoms with van der Waals surface area (Å²) in [6.45, 7) is 4.01. The minimum Gasteiger partial charge on any atom is -0.497 e. The van der Waals surface area contributed by atoms with E-state index in [1.165, 1.54) is 11.3 Å². The minimum absolute atomic E-state index is 0.233. The molecule has 130 valence electrons. The van der Waals surface area contributed by atoms with Crippen LogP contribution in [0.2, 0.25) is 0 Å². The molecule has 8 heteroatoms. The average molecular weight is 367 g/mol. The molecular formula is C16H21N3O3S2. The van der Waals surface area contributed by atoms with Crippen LogP contribution in [0.3, 0.4) is 0 Å². The first-order valence-electron chi connectivity index (χ1n) is 7.74. The van der Waals surface area contributed by atoms with Gasteiger partial charge in [0.2, 0.25) is 5.13 Å². The number of hydrogen-bond donors (Lipinski definition) is 1. The Kier molecular flexibility index (Phi) is 7.33. The van der Waals surface area contributed by atoms with Gasteiger partial charge in [-0.1, -0.05) is 43.0 Å². The van der Waals surface area contributed by atoms with E-state index in [9.17, 15) is 4.79 Å². The summed E-state index contributed by atoms with van der Waals surface area (Å²) < 4.78 is 11.8. The van der Waals surface area contributed by atoms with Crippen molar-refractivity contribution in [2.45, 2.75) is 37.1 Å². The summed E-state index contributed by atoms with van der Waals surface area (Å²) in [5.74, 6) is 2.03. The summed E-state index contributed by atoms with van der Waals surface area (Å²) in [5, 5.41) is 11.3. The van der Waals surface area contributed by atoms with Crippen LogP contribution < -0.4 is 14.8 Å².